The van der Waals surface area contributed by atoms with E-state index in [4.69, 9.17) is 0 Å². The second kappa shape index (κ2) is 7.33. The molecule has 4 rings (SSSR count). The summed E-state index contributed by atoms with van der Waals surface area (Å²) < 4.78 is 0. The number of ketones is 2. The average Bonchev–Trinajstić information content (AvgIpc) is 3.49. The van der Waals surface area contributed by atoms with Gasteiger partial charge >= 0.3 is 0 Å². The van der Waals surface area contributed by atoms with Gasteiger partial charge in [0.15, 0.2) is 0 Å². The van der Waals surface area contributed by atoms with Gasteiger partial charge in [0.2, 0.25) is 5.91 Å². The first-order valence-corrected chi connectivity index (χ1v) is 10.4. The Hall–Kier alpha value is -2.61. The quantitative estimate of drug-likeness (QED) is 0.619. The summed E-state index contributed by atoms with van der Waals surface area (Å²) in [6, 6.07) is 3.35. The van der Waals surface area contributed by atoms with Crippen LogP contribution in [-0.2, 0) is 14.4 Å². The maximum atomic E-state index is 13.1. The number of phenols is 1. The minimum Gasteiger partial charge on any atom is -0.508 e. The molecule has 3 fully saturated rings. The maximum Gasteiger partial charge on any atom is 0.225 e. The van der Waals surface area contributed by atoms with Crippen molar-refractivity contribution in [3.63, 3.8) is 0 Å². The number of likely N-dealkylation sites (tertiary alicyclic amines) is 1. The molecule has 0 unspecified atom stereocenters. The van der Waals surface area contributed by atoms with Crippen LogP contribution in [0.1, 0.15) is 68.1 Å². The molecule has 2 saturated carbocycles. The van der Waals surface area contributed by atoms with Gasteiger partial charge in [0.05, 0.1) is 0 Å². The number of aromatic hydroxyl groups is 1. The number of carbonyl (C=O) groups excluding carboxylic acids is 3. The maximum absolute atomic E-state index is 13.1. The van der Waals surface area contributed by atoms with Crippen molar-refractivity contribution in [2.75, 3.05) is 13.1 Å². The van der Waals surface area contributed by atoms with Crippen LogP contribution in [0, 0.1) is 30.1 Å². The van der Waals surface area contributed by atoms with E-state index in [0.717, 1.165) is 18.4 Å². The Balaban J connectivity index is 1.51. The zero-order valence-electron chi connectivity index (χ0n) is 17.1. The van der Waals surface area contributed by atoms with Crippen LogP contribution in [0.2, 0.25) is 0 Å². The summed E-state index contributed by atoms with van der Waals surface area (Å²) in [5.74, 6) is 4.98. The zero-order chi connectivity index (χ0) is 20.8. The first-order chi connectivity index (χ1) is 13.8. The van der Waals surface area contributed by atoms with Gasteiger partial charge in [-0.25, -0.2) is 0 Å². The van der Waals surface area contributed by atoms with E-state index >= 15 is 0 Å². The van der Waals surface area contributed by atoms with Crippen LogP contribution in [0.25, 0.3) is 0 Å². The van der Waals surface area contributed by atoms with E-state index < -0.39 is 5.92 Å². The van der Waals surface area contributed by atoms with E-state index in [9.17, 15) is 19.5 Å². The van der Waals surface area contributed by atoms with Crippen molar-refractivity contribution in [3.05, 3.63) is 28.8 Å². The number of nitrogens with zero attached hydrogens (tertiary/aromatic N) is 1. The third-order valence-corrected chi connectivity index (χ3v) is 6.73. The predicted molar refractivity (Wildman–Crippen MR) is 108 cm³/mol. The number of hydrogen-bond acceptors (Lipinski definition) is 4. The van der Waals surface area contributed by atoms with Crippen molar-refractivity contribution in [1.29, 1.82) is 0 Å². The van der Waals surface area contributed by atoms with Crippen LogP contribution in [0.4, 0.5) is 0 Å². The standard InChI is InChI=1S/C24H27NO4/c1-3-4-16-11-15(2)21(18(26)12-16)22-19(27)13-24(14-20(22)28)7-9-25(10-8-24)23(29)17-5-6-17/h11-12,17,22,26H,5-10,13-14H2,1-2H3. The van der Waals surface area contributed by atoms with Gasteiger partial charge in [0.25, 0.3) is 0 Å². The summed E-state index contributed by atoms with van der Waals surface area (Å²) in [7, 11) is 0. The van der Waals surface area contributed by atoms with E-state index in [1.165, 1.54) is 6.07 Å². The van der Waals surface area contributed by atoms with Gasteiger partial charge in [-0.05, 0) is 62.6 Å². The molecule has 1 aromatic rings. The van der Waals surface area contributed by atoms with E-state index in [-0.39, 0.29) is 34.6 Å². The van der Waals surface area contributed by atoms with Crippen molar-refractivity contribution in [2.24, 2.45) is 11.3 Å². The summed E-state index contributed by atoms with van der Waals surface area (Å²) >= 11 is 0. The minimum atomic E-state index is -0.893. The first-order valence-electron chi connectivity index (χ1n) is 10.4. The monoisotopic (exact) mass is 393 g/mol. The Labute approximate surface area is 171 Å². The topological polar surface area (TPSA) is 74.7 Å². The van der Waals surface area contributed by atoms with Crippen molar-refractivity contribution in [1.82, 2.24) is 4.90 Å². The Morgan fingerprint density at radius 3 is 2.28 bits per heavy atom. The number of piperidine rings is 1. The fourth-order valence-electron chi connectivity index (χ4n) is 5.02. The number of amides is 1. The molecule has 0 atom stereocenters. The molecule has 0 aromatic heterocycles. The lowest BCUT2D eigenvalue weighted by Crippen LogP contribution is -2.48. The summed E-state index contributed by atoms with van der Waals surface area (Å²) in [4.78, 5) is 40.4. The van der Waals surface area contributed by atoms with Gasteiger partial charge in [-0.2, -0.15) is 0 Å². The third-order valence-electron chi connectivity index (χ3n) is 6.73. The molecule has 1 heterocycles. The molecule has 5 nitrogen and oxygen atoms in total. The molecule has 0 radical (unpaired) electrons. The van der Waals surface area contributed by atoms with Gasteiger partial charge in [-0.3, -0.25) is 14.4 Å². The fraction of sp³-hybridized carbons (Fsp3) is 0.542. The summed E-state index contributed by atoms with van der Waals surface area (Å²) in [5, 5.41) is 10.5. The van der Waals surface area contributed by atoms with Gasteiger partial charge in [0, 0.05) is 43.0 Å². The molecule has 152 valence electrons. The Kier molecular flexibility index (Phi) is 4.98. The second-order valence-corrected chi connectivity index (χ2v) is 8.92. The number of rotatable bonds is 2. The van der Waals surface area contributed by atoms with Crippen molar-refractivity contribution < 1.29 is 19.5 Å². The molecule has 1 aliphatic heterocycles. The largest absolute Gasteiger partial charge is 0.508 e. The lowest BCUT2D eigenvalue weighted by molar-refractivity contribution is -0.140. The number of Topliss-reactive ketones (excluding diaryl/α,β-unsaturated/α-hetero) is 2. The molecule has 1 N–H and O–H groups in total. The SMILES string of the molecule is CC#Cc1cc(C)c(C2C(=O)CC3(CCN(C(=O)C4CC4)CC3)CC2=O)c(O)c1. The highest BCUT2D eigenvalue weighted by molar-refractivity contribution is 6.11. The van der Waals surface area contributed by atoms with Crippen LogP contribution < -0.4 is 0 Å². The molecule has 1 amide bonds. The molecule has 1 saturated heterocycles. The second-order valence-electron chi connectivity index (χ2n) is 8.92. The van der Waals surface area contributed by atoms with Crippen molar-refractivity contribution in [2.45, 2.75) is 58.3 Å². The molecule has 5 heteroatoms. The highest BCUT2D eigenvalue weighted by Crippen LogP contribution is 2.48. The Morgan fingerprint density at radius 2 is 1.76 bits per heavy atom. The van der Waals surface area contributed by atoms with E-state index in [1.807, 2.05) is 17.9 Å². The van der Waals surface area contributed by atoms with Gasteiger partial charge in [-0.15, -0.1) is 5.92 Å². The normalized spacial score (nSPS) is 21.8. The number of carbonyl (C=O) groups is 3. The van der Waals surface area contributed by atoms with Gasteiger partial charge in [-0.1, -0.05) is 5.92 Å². The first kappa shape index (κ1) is 19.7. The number of aryl methyl sites for hydroxylation is 1. The summed E-state index contributed by atoms with van der Waals surface area (Å²) in [6.45, 7) is 4.80. The molecule has 1 spiro atoms. The molecule has 2 aliphatic carbocycles. The van der Waals surface area contributed by atoms with Crippen LogP contribution >= 0.6 is 0 Å². The molecule has 29 heavy (non-hydrogen) atoms. The Bertz CT molecular complexity index is 896. The minimum absolute atomic E-state index is 0.0322. The van der Waals surface area contributed by atoms with Gasteiger partial charge in [0.1, 0.15) is 23.2 Å². The smallest absolute Gasteiger partial charge is 0.225 e. The predicted octanol–water partition coefficient (Wildman–Crippen LogP) is 3.11. The summed E-state index contributed by atoms with van der Waals surface area (Å²) in [6.07, 6.45) is 4.06. The highest BCUT2D eigenvalue weighted by Gasteiger charge is 2.48. The van der Waals surface area contributed by atoms with E-state index in [2.05, 4.69) is 11.8 Å². The lowest BCUT2D eigenvalue weighted by atomic mass is 9.63. The molecule has 3 aliphatic rings. The van der Waals surface area contributed by atoms with Crippen LogP contribution in [0.3, 0.4) is 0 Å². The lowest BCUT2D eigenvalue weighted by Gasteiger charge is -2.44. The van der Waals surface area contributed by atoms with Crippen LogP contribution in [0.5, 0.6) is 5.75 Å². The highest BCUT2D eigenvalue weighted by atomic mass is 16.3. The van der Waals surface area contributed by atoms with Crippen molar-refractivity contribution >= 4 is 17.5 Å². The van der Waals surface area contributed by atoms with E-state index in [1.54, 1.807) is 6.92 Å². The number of phenolic OH excluding ortho intramolecular Hbond substituents is 1. The van der Waals surface area contributed by atoms with Crippen molar-refractivity contribution in [3.8, 4) is 17.6 Å². The van der Waals surface area contributed by atoms with Crippen LogP contribution in [-0.4, -0.2) is 40.6 Å². The van der Waals surface area contributed by atoms with Gasteiger partial charge < -0.3 is 10.0 Å². The number of hydrogen-bond donors (Lipinski definition) is 1. The third kappa shape index (κ3) is 3.69. The molecular formula is C24H27NO4. The van der Waals surface area contributed by atoms with Crippen LogP contribution in [0.15, 0.2) is 12.1 Å². The molecule has 0 bridgehead atoms. The number of benzene rings is 1. The zero-order valence-corrected chi connectivity index (χ0v) is 17.1. The molecular weight excluding hydrogens is 366 g/mol. The molecule has 1 aromatic carbocycles. The fourth-order valence-corrected chi connectivity index (χ4v) is 5.02. The van der Waals surface area contributed by atoms with E-state index in [0.29, 0.717) is 49.9 Å². The average molecular weight is 393 g/mol. The Morgan fingerprint density at radius 1 is 1.14 bits per heavy atom. The summed E-state index contributed by atoms with van der Waals surface area (Å²) in [5.41, 5.74) is 1.49.